The van der Waals surface area contributed by atoms with Gasteiger partial charge >= 0.3 is 0 Å². The molecule has 0 saturated heterocycles. The second-order valence-corrected chi connectivity index (χ2v) is 4.39. The van der Waals surface area contributed by atoms with Crippen molar-refractivity contribution in [2.45, 2.75) is 12.5 Å². The lowest BCUT2D eigenvalue weighted by atomic mass is 10.4. The molecule has 0 spiro atoms. The van der Waals surface area contributed by atoms with Gasteiger partial charge in [-0.1, -0.05) is 13.2 Å². The van der Waals surface area contributed by atoms with Crippen molar-refractivity contribution in [3.8, 4) is 0 Å². The van der Waals surface area contributed by atoms with E-state index in [2.05, 4.69) is 13.2 Å². The van der Waals surface area contributed by atoms with Gasteiger partial charge in [-0.25, -0.2) is 4.90 Å². The number of nitrogens with zero attached hydrogens (tertiary/aromatic N) is 1. The van der Waals surface area contributed by atoms with Crippen LogP contribution in [0.25, 0.3) is 0 Å². The van der Waals surface area contributed by atoms with Crippen LogP contribution in [0.5, 0.6) is 0 Å². The molecule has 3 N–H and O–H groups in total. The van der Waals surface area contributed by atoms with Gasteiger partial charge in [0.25, 0.3) is 10.1 Å². The molecular formula is C8H15NO5S. The predicted molar refractivity (Wildman–Crippen MR) is 55.5 cm³/mol. The standard InChI is InChI=1S/C8H15NO5S/c1-3-7(10)9(8(11)4-2)5-6-15(12,13)14/h3-4,7-8,10-11H,1-2,5-6H2,(H,12,13,14). The molecule has 2 atom stereocenters. The van der Waals surface area contributed by atoms with Crippen LogP contribution < -0.4 is 0 Å². The predicted octanol–water partition coefficient (Wildman–Crippen LogP) is -0.815. The van der Waals surface area contributed by atoms with Gasteiger partial charge in [-0.3, -0.25) is 4.55 Å². The Bertz CT molecular complexity index is 299. The maximum Gasteiger partial charge on any atom is 0.266 e. The summed E-state index contributed by atoms with van der Waals surface area (Å²) < 4.78 is 29.4. The van der Waals surface area contributed by atoms with Crippen LogP contribution in [0, 0.1) is 0 Å². The Morgan fingerprint density at radius 1 is 1.20 bits per heavy atom. The lowest BCUT2D eigenvalue weighted by molar-refractivity contribution is -0.0518. The molecule has 6 nitrogen and oxygen atoms in total. The molecule has 0 heterocycles. The minimum atomic E-state index is -4.14. The van der Waals surface area contributed by atoms with Crippen LogP contribution in [0.3, 0.4) is 0 Å². The van der Waals surface area contributed by atoms with Gasteiger partial charge in [0, 0.05) is 6.54 Å². The molecule has 88 valence electrons. The third-order valence-corrected chi connectivity index (χ3v) is 2.41. The maximum atomic E-state index is 10.5. The van der Waals surface area contributed by atoms with Gasteiger partial charge in [-0.2, -0.15) is 8.42 Å². The topological polar surface area (TPSA) is 98.1 Å². The molecule has 0 amide bonds. The van der Waals surface area contributed by atoms with Crippen molar-refractivity contribution in [3.05, 3.63) is 25.3 Å². The normalized spacial score (nSPS) is 16.0. The van der Waals surface area contributed by atoms with E-state index in [1.165, 1.54) is 0 Å². The first-order valence-corrected chi connectivity index (χ1v) is 5.75. The molecule has 15 heavy (non-hydrogen) atoms. The van der Waals surface area contributed by atoms with Crippen molar-refractivity contribution in [2.24, 2.45) is 0 Å². The van der Waals surface area contributed by atoms with Crippen molar-refractivity contribution < 1.29 is 23.2 Å². The van der Waals surface area contributed by atoms with E-state index in [0.29, 0.717) is 0 Å². The molecule has 2 unspecified atom stereocenters. The lowest BCUT2D eigenvalue weighted by Gasteiger charge is -2.28. The molecule has 0 bridgehead atoms. The largest absolute Gasteiger partial charge is 0.375 e. The smallest absolute Gasteiger partial charge is 0.266 e. The molecule has 0 aliphatic heterocycles. The minimum absolute atomic E-state index is 0.237. The van der Waals surface area contributed by atoms with E-state index in [4.69, 9.17) is 4.55 Å². The number of hydrogen-bond acceptors (Lipinski definition) is 5. The Balaban J connectivity index is 4.51. The SMILES string of the molecule is C=CC(O)N(CCS(=O)(=O)O)C(O)C=C. The average Bonchev–Trinajstić information content (AvgIpc) is 2.15. The fourth-order valence-corrected chi connectivity index (χ4v) is 1.35. The summed E-state index contributed by atoms with van der Waals surface area (Å²) in [5.74, 6) is -0.594. The van der Waals surface area contributed by atoms with Crippen LogP contribution in [-0.4, -0.2) is 52.8 Å². The molecule has 0 saturated carbocycles. The highest BCUT2D eigenvalue weighted by atomic mass is 32.2. The van der Waals surface area contributed by atoms with Crippen LogP contribution in [0.15, 0.2) is 25.3 Å². The van der Waals surface area contributed by atoms with Gasteiger partial charge in [0.1, 0.15) is 12.5 Å². The first-order chi connectivity index (χ1) is 6.81. The summed E-state index contributed by atoms with van der Waals surface area (Å²) in [6, 6.07) is 0. The molecule has 0 radical (unpaired) electrons. The third-order valence-electron chi connectivity index (χ3n) is 1.71. The summed E-state index contributed by atoms with van der Waals surface area (Å²) >= 11 is 0. The van der Waals surface area contributed by atoms with Gasteiger partial charge in [0.2, 0.25) is 0 Å². The van der Waals surface area contributed by atoms with Gasteiger partial charge < -0.3 is 10.2 Å². The Labute approximate surface area is 88.9 Å². The summed E-state index contributed by atoms with van der Waals surface area (Å²) in [5, 5.41) is 18.7. The quantitative estimate of drug-likeness (QED) is 0.304. The second kappa shape index (κ2) is 5.99. The Morgan fingerprint density at radius 3 is 1.87 bits per heavy atom. The highest BCUT2D eigenvalue weighted by Crippen LogP contribution is 2.04. The van der Waals surface area contributed by atoms with E-state index < -0.39 is 28.3 Å². The van der Waals surface area contributed by atoms with Crippen molar-refractivity contribution >= 4 is 10.1 Å². The molecule has 0 aromatic carbocycles. The first-order valence-electron chi connectivity index (χ1n) is 4.14. The number of aliphatic hydroxyl groups is 2. The van der Waals surface area contributed by atoms with Crippen molar-refractivity contribution in [3.63, 3.8) is 0 Å². The summed E-state index contributed by atoms with van der Waals surface area (Å²) in [6.45, 7) is 6.35. The van der Waals surface area contributed by atoms with Gasteiger partial charge in [-0.15, -0.1) is 0 Å². The van der Waals surface area contributed by atoms with Crippen LogP contribution in [-0.2, 0) is 10.1 Å². The summed E-state index contributed by atoms with van der Waals surface area (Å²) in [4.78, 5) is 1.01. The highest BCUT2D eigenvalue weighted by molar-refractivity contribution is 7.85. The fraction of sp³-hybridized carbons (Fsp3) is 0.500. The molecule has 0 aliphatic carbocycles. The number of aliphatic hydroxyl groups excluding tert-OH is 2. The average molecular weight is 237 g/mol. The van der Waals surface area contributed by atoms with Gasteiger partial charge in [0.15, 0.2) is 0 Å². The fourth-order valence-electron chi connectivity index (χ4n) is 0.913. The van der Waals surface area contributed by atoms with Crippen molar-refractivity contribution in [1.82, 2.24) is 4.90 Å². The van der Waals surface area contributed by atoms with Gasteiger partial charge in [-0.05, 0) is 12.2 Å². The van der Waals surface area contributed by atoms with Gasteiger partial charge in [0.05, 0.1) is 5.75 Å². The van der Waals surface area contributed by atoms with E-state index in [-0.39, 0.29) is 6.54 Å². The van der Waals surface area contributed by atoms with E-state index in [9.17, 15) is 18.6 Å². The van der Waals surface area contributed by atoms with Crippen molar-refractivity contribution in [1.29, 1.82) is 0 Å². The van der Waals surface area contributed by atoms with E-state index in [1.54, 1.807) is 0 Å². The molecule has 0 aromatic heterocycles. The number of rotatable bonds is 7. The zero-order valence-electron chi connectivity index (χ0n) is 8.15. The van der Waals surface area contributed by atoms with Crippen molar-refractivity contribution in [2.75, 3.05) is 12.3 Å². The molecular weight excluding hydrogens is 222 g/mol. The monoisotopic (exact) mass is 237 g/mol. The zero-order valence-corrected chi connectivity index (χ0v) is 8.97. The summed E-state index contributed by atoms with van der Waals surface area (Å²) in [7, 11) is -4.14. The molecule has 0 aliphatic rings. The minimum Gasteiger partial charge on any atom is -0.375 e. The Hall–Kier alpha value is -0.730. The van der Waals surface area contributed by atoms with Crippen LogP contribution >= 0.6 is 0 Å². The Kier molecular flexibility index (Phi) is 5.69. The zero-order chi connectivity index (χ0) is 12.1. The molecule has 0 aromatic rings. The third kappa shape index (κ3) is 5.65. The van der Waals surface area contributed by atoms with Crippen LogP contribution in [0.2, 0.25) is 0 Å². The van der Waals surface area contributed by atoms with E-state index in [1.807, 2.05) is 0 Å². The first kappa shape index (κ1) is 14.3. The molecule has 0 fully saturated rings. The van der Waals surface area contributed by atoms with Crippen LogP contribution in [0.4, 0.5) is 0 Å². The Morgan fingerprint density at radius 2 is 1.60 bits per heavy atom. The van der Waals surface area contributed by atoms with E-state index in [0.717, 1.165) is 17.1 Å². The molecule has 7 heteroatoms. The molecule has 0 rings (SSSR count). The second-order valence-electron chi connectivity index (χ2n) is 2.82. The van der Waals surface area contributed by atoms with Crippen LogP contribution in [0.1, 0.15) is 0 Å². The maximum absolute atomic E-state index is 10.5. The lowest BCUT2D eigenvalue weighted by Crippen LogP contribution is -2.43. The summed E-state index contributed by atoms with van der Waals surface area (Å²) in [6.07, 6.45) is -0.174. The highest BCUT2D eigenvalue weighted by Gasteiger charge is 2.20. The van der Waals surface area contributed by atoms with E-state index >= 15 is 0 Å². The summed E-state index contributed by atoms with van der Waals surface area (Å²) in [5.41, 5.74) is 0. The number of hydrogen-bond donors (Lipinski definition) is 3.